The van der Waals surface area contributed by atoms with Crippen molar-refractivity contribution in [2.45, 2.75) is 19.8 Å². The zero-order valence-electron chi connectivity index (χ0n) is 4.72. The van der Waals surface area contributed by atoms with E-state index < -0.39 is 0 Å². The van der Waals surface area contributed by atoms with Crippen LogP contribution in [0.3, 0.4) is 0 Å². The Kier molecular flexibility index (Phi) is 129. The first-order valence-corrected chi connectivity index (χ1v) is 2.34. The zero-order chi connectivity index (χ0) is 5.41. The second-order valence-corrected chi connectivity index (χ2v) is 0.854. The van der Waals surface area contributed by atoms with Gasteiger partial charge in [-0.15, -0.1) is 24.8 Å². The van der Waals surface area contributed by atoms with Crippen molar-refractivity contribution in [3.63, 3.8) is 0 Å². The first kappa shape index (κ1) is 23.1. The van der Waals surface area contributed by atoms with Gasteiger partial charge in [-0.05, 0) is 0 Å². The van der Waals surface area contributed by atoms with Gasteiger partial charge in [0.15, 0.2) is 0 Å². The van der Waals surface area contributed by atoms with E-state index in [0.717, 1.165) is 6.42 Å². The van der Waals surface area contributed by atoms with E-state index in [1.165, 1.54) is 6.42 Å². The third-order valence-electron chi connectivity index (χ3n) is 0.354. The number of rotatable bonds is 1. The summed E-state index contributed by atoms with van der Waals surface area (Å²) in [5, 5.41) is 0. The maximum absolute atomic E-state index is 8.06. The van der Waals surface area contributed by atoms with Crippen molar-refractivity contribution in [1.29, 1.82) is 0 Å². The summed E-state index contributed by atoms with van der Waals surface area (Å²) >= 11 is 1.69. The molecular formula is C4H11Cl2MnO-. The molecule has 0 aromatic carbocycles. The molecule has 0 radical (unpaired) electrons. The van der Waals surface area contributed by atoms with Crippen molar-refractivity contribution in [3.8, 4) is 0 Å². The summed E-state index contributed by atoms with van der Waals surface area (Å²) in [7, 11) is 0. The summed E-state index contributed by atoms with van der Waals surface area (Å²) in [6.07, 6.45) is 2.28. The predicted octanol–water partition coefficient (Wildman–Crippen LogP) is 2.34. The number of hydrogen-bond donors (Lipinski definition) is 0. The molecule has 0 rings (SSSR count). The summed E-state index contributed by atoms with van der Waals surface area (Å²) in [4.78, 5) is 0. The Labute approximate surface area is 71.5 Å². The van der Waals surface area contributed by atoms with Gasteiger partial charge in [0.05, 0.1) is 0 Å². The van der Waals surface area contributed by atoms with Gasteiger partial charge in [-0.25, -0.2) is 0 Å². The molecule has 0 spiro atoms. The standard InChI is InChI=1S/C4H9.2ClH.Mn.O/c1-3-4-2;;;;/h1,3-4H2,2H3;2*1H;;/q-1;;;;. The van der Waals surface area contributed by atoms with Gasteiger partial charge in [0.2, 0.25) is 0 Å². The van der Waals surface area contributed by atoms with Gasteiger partial charge in [0.25, 0.3) is 0 Å². The summed E-state index contributed by atoms with van der Waals surface area (Å²) in [5.41, 5.74) is 0. The second kappa shape index (κ2) is 44.7. The molecule has 55 valence electrons. The number of halogens is 2. The molecule has 0 atom stereocenters. The van der Waals surface area contributed by atoms with Crippen LogP contribution < -0.4 is 0 Å². The first-order valence-electron chi connectivity index (χ1n) is 1.86. The van der Waals surface area contributed by atoms with E-state index in [9.17, 15) is 0 Å². The summed E-state index contributed by atoms with van der Waals surface area (Å²) in [5.74, 6) is 0. The maximum atomic E-state index is 8.06. The van der Waals surface area contributed by atoms with Gasteiger partial charge in [0, 0.05) is 0 Å². The SMILES string of the molecule is Cl.Cl.[CH2-]CCC.[O]=[Mn]. The minimum atomic E-state index is 0. The van der Waals surface area contributed by atoms with E-state index in [4.69, 9.17) is 3.83 Å². The fourth-order valence-electron chi connectivity index (χ4n) is 0. The molecule has 0 saturated carbocycles. The first-order chi connectivity index (χ1) is 2.91. The van der Waals surface area contributed by atoms with E-state index in [-0.39, 0.29) is 24.8 Å². The third-order valence-corrected chi connectivity index (χ3v) is 0.354. The average molecular weight is 201 g/mol. The summed E-state index contributed by atoms with van der Waals surface area (Å²) < 4.78 is 8.06. The Bertz CT molecular complexity index is 21.5. The molecular weight excluding hydrogens is 190 g/mol. The Hall–Kier alpha value is 0.899. The molecule has 4 heteroatoms. The van der Waals surface area contributed by atoms with Crippen LogP contribution in [0.25, 0.3) is 0 Å². The van der Waals surface area contributed by atoms with Crippen LogP contribution in [-0.4, -0.2) is 0 Å². The van der Waals surface area contributed by atoms with Crippen molar-refractivity contribution in [3.05, 3.63) is 6.92 Å². The molecule has 0 aromatic heterocycles. The number of hydrogen-bond acceptors (Lipinski definition) is 1. The van der Waals surface area contributed by atoms with Crippen molar-refractivity contribution < 1.29 is 19.8 Å². The molecule has 0 aliphatic carbocycles. The Balaban J connectivity index is -0.0000000183. The summed E-state index contributed by atoms with van der Waals surface area (Å²) in [6.45, 7) is 5.72. The van der Waals surface area contributed by atoms with Crippen LogP contribution in [0, 0.1) is 6.92 Å². The molecule has 0 heterocycles. The van der Waals surface area contributed by atoms with Gasteiger partial charge < -0.3 is 6.92 Å². The van der Waals surface area contributed by atoms with Crippen LogP contribution in [0.4, 0.5) is 0 Å². The third kappa shape index (κ3) is 66.6. The monoisotopic (exact) mass is 200 g/mol. The molecule has 0 amide bonds. The van der Waals surface area contributed by atoms with E-state index >= 15 is 0 Å². The van der Waals surface area contributed by atoms with Gasteiger partial charge in [-0.2, -0.15) is 6.42 Å². The van der Waals surface area contributed by atoms with Crippen LogP contribution in [0.15, 0.2) is 0 Å². The van der Waals surface area contributed by atoms with E-state index in [1.54, 1.807) is 15.9 Å². The topological polar surface area (TPSA) is 17.1 Å². The van der Waals surface area contributed by atoms with Crippen molar-refractivity contribution >= 4 is 24.8 Å². The van der Waals surface area contributed by atoms with Crippen LogP contribution in [-0.2, 0) is 19.8 Å². The van der Waals surface area contributed by atoms with Crippen molar-refractivity contribution in [1.82, 2.24) is 0 Å². The van der Waals surface area contributed by atoms with Gasteiger partial charge in [0.1, 0.15) is 0 Å². The van der Waals surface area contributed by atoms with E-state index in [0.29, 0.717) is 0 Å². The Morgan fingerprint density at radius 3 is 1.50 bits per heavy atom. The van der Waals surface area contributed by atoms with Gasteiger partial charge >= 0.3 is 19.8 Å². The zero-order valence-corrected chi connectivity index (χ0v) is 7.54. The molecule has 1 nitrogen and oxygen atoms in total. The fraction of sp³-hybridized carbons (Fsp3) is 0.750. The van der Waals surface area contributed by atoms with Gasteiger partial charge in [-0.1, -0.05) is 13.3 Å². The van der Waals surface area contributed by atoms with Crippen molar-refractivity contribution in [2.75, 3.05) is 0 Å². The van der Waals surface area contributed by atoms with Crippen LogP contribution in [0.2, 0.25) is 0 Å². The molecule has 0 saturated heterocycles. The average Bonchev–Trinajstić information content (AvgIpc) is 1.72. The summed E-state index contributed by atoms with van der Waals surface area (Å²) in [6, 6.07) is 0. The fourth-order valence-corrected chi connectivity index (χ4v) is 0. The Morgan fingerprint density at radius 1 is 1.38 bits per heavy atom. The van der Waals surface area contributed by atoms with Crippen LogP contribution in [0.5, 0.6) is 0 Å². The molecule has 0 N–H and O–H groups in total. The molecule has 0 unspecified atom stereocenters. The molecule has 0 aromatic rings. The molecule has 0 fully saturated rings. The van der Waals surface area contributed by atoms with Crippen LogP contribution in [0.1, 0.15) is 19.8 Å². The van der Waals surface area contributed by atoms with Crippen LogP contribution >= 0.6 is 24.8 Å². The second-order valence-electron chi connectivity index (χ2n) is 0.854. The predicted molar refractivity (Wildman–Crippen MR) is 35.4 cm³/mol. The quantitative estimate of drug-likeness (QED) is 0.470. The number of unbranched alkanes of at least 4 members (excludes halogenated alkanes) is 1. The molecule has 0 bridgehead atoms. The van der Waals surface area contributed by atoms with E-state index in [2.05, 4.69) is 13.8 Å². The molecule has 0 aliphatic rings. The molecule has 8 heavy (non-hydrogen) atoms. The van der Waals surface area contributed by atoms with Crippen molar-refractivity contribution in [2.24, 2.45) is 0 Å². The van der Waals surface area contributed by atoms with Gasteiger partial charge in [-0.3, -0.25) is 0 Å². The Morgan fingerprint density at radius 2 is 1.50 bits per heavy atom. The molecule has 0 aliphatic heterocycles. The minimum absolute atomic E-state index is 0. The van der Waals surface area contributed by atoms with E-state index in [1.807, 2.05) is 0 Å². The normalized spacial score (nSPS) is 4.25.